The van der Waals surface area contributed by atoms with Crippen LogP contribution in [0, 0.1) is 0 Å². The normalized spacial score (nSPS) is 12.3. The Hall–Kier alpha value is -2.57. The summed E-state index contributed by atoms with van der Waals surface area (Å²) in [6, 6.07) is 18.1. The molecule has 7 nitrogen and oxygen atoms in total. The van der Waals surface area contributed by atoms with Gasteiger partial charge < -0.3 is 19.5 Å². The summed E-state index contributed by atoms with van der Waals surface area (Å²) in [5.74, 6) is 0.964. The van der Waals surface area contributed by atoms with E-state index in [1.807, 2.05) is 48.5 Å². The maximum absolute atomic E-state index is 10.9. The van der Waals surface area contributed by atoms with E-state index >= 15 is 0 Å². The summed E-state index contributed by atoms with van der Waals surface area (Å²) in [6.45, 7) is 3.35. The third-order valence-electron chi connectivity index (χ3n) is 5.02. The minimum absolute atomic E-state index is 0.0999. The van der Waals surface area contributed by atoms with Gasteiger partial charge in [-0.05, 0) is 54.6 Å². The first kappa shape index (κ1) is 24.1. The standard InChI is InChI=1S/C24H30N3O4P/c1-2-3-8-22(20-9-5-4-6-10-20)17-23-26-27-24(31-23)21-13-11-19(12-14-21)18-25-15-7-16-32(28,29)30/h4-6,9-14,17,25H,2-3,7-8,15-16,18H2,1H3,(H2,28,29,30)/b22-17+. The zero-order chi connectivity index (χ0) is 22.8. The van der Waals surface area contributed by atoms with Crippen molar-refractivity contribution in [3.05, 3.63) is 71.6 Å². The van der Waals surface area contributed by atoms with Gasteiger partial charge in [-0.1, -0.05) is 55.8 Å². The van der Waals surface area contributed by atoms with Crippen LogP contribution in [0.2, 0.25) is 0 Å². The molecule has 3 aromatic rings. The summed E-state index contributed by atoms with van der Waals surface area (Å²) in [5.41, 5.74) is 4.26. The second-order valence-electron chi connectivity index (χ2n) is 7.70. The van der Waals surface area contributed by atoms with Crippen molar-refractivity contribution in [3.63, 3.8) is 0 Å². The zero-order valence-corrected chi connectivity index (χ0v) is 19.2. The van der Waals surface area contributed by atoms with Gasteiger partial charge in [0.25, 0.3) is 0 Å². The van der Waals surface area contributed by atoms with Crippen LogP contribution in [0.4, 0.5) is 0 Å². The number of hydrogen-bond donors (Lipinski definition) is 3. The Morgan fingerprint density at radius 3 is 2.50 bits per heavy atom. The molecule has 32 heavy (non-hydrogen) atoms. The van der Waals surface area contributed by atoms with Crippen LogP contribution in [0.25, 0.3) is 23.1 Å². The molecule has 0 aliphatic carbocycles. The van der Waals surface area contributed by atoms with Gasteiger partial charge in [0.1, 0.15) is 0 Å². The molecule has 0 amide bonds. The van der Waals surface area contributed by atoms with E-state index in [0.29, 0.717) is 31.3 Å². The number of rotatable bonds is 12. The highest BCUT2D eigenvalue weighted by molar-refractivity contribution is 7.51. The highest BCUT2D eigenvalue weighted by Gasteiger charge is 2.11. The van der Waals surface area contributed by atoms with Gasteiger partial charge in [-0.15, -0.1) is 10.2 Å². The molecule has 0 saturated heterocycles. The van der Waals surface area contributed by atoms with Crippen molar-refractivity contribution >= 4 is 19.2 Å². The first-order valence-corrected chi connectivity index (χ1v) is 12.7. The van der Waals surface area contributed by atoms with Gasteiger partial charge in [-0.3, -0.25) is 4.57 Å². The fourth-order valence-electron chi connectivity index (χ4n) is 3.29. The molecule has 0 radical (unpaired) electrons. The van der Waals surface area contributed by atoms with E-state index in [1.165, 1.54) is 11.1 Å². The zero-order valence-electron chi connectivity index (χ0n) is 18.3. The lowest BCUT2D eigenvalue weighted by atomic mass is 10.00. The lowest BCUT2D eigenvalue weighted by Crippen LogP contribution is -2.15. The highest BCUT2D eigenvalue weighted by atomic mass is 31.2. The third kappa shape index (κ3) is 7.84. The summed E-state index contributed by atoms with van der Waals surface area (Å²) < 4.78 is 16.8. The lowest BCUT2D eigenvalue weighted by molar-refractivity contribution is 0.371. The summed E-state index contributed by atoms with van der Waals surface area (Å²) in [4.78, 5) is 17.8. The van der Waals surface area contributed by atoms with Gasteiger partial charge in [0, 0.05) is 18.2 Å². The van der Waals surface area contributed by atoms with Gasteiger partial charge >= 0.3 is 7.60 Å². The van der Waals surface area contributed by atoms with E-state index in [0.717, 1.165) is 30.4 Å². The second-order valence-corrected chi connectivity index (χ2v) is 9.48. The first-order valence-electron chi connectivity index (χ1n) is 10.9. The van der Waals surface area contributed by atoms with Gasteiger partial charge in [0.15, 0.2) is 0 Å². The summed E-state index contributed by atoms with van der Waals surface area (Å²) in [5, 5.41) is 11.6. The van der Waals surface area contributed by atoms with E-state index in [4.69, 9.17) is 14.2 Å². The fraction of sp³-hybridized carbons (Fsp3) is 0.333. The Labute approximate surface area is 188 Å². The monoisotopic (exact) mass is 455 g/mol. The molecule has 170 valence electrons. The second kappa shape index (κ2) is 11.9. The number of benzene rings is 2. The van der Waals surface area contributed by atoms with Crippen molar-refractivity contribution in [2.75, 3.05) is 12.7 Å². The van der Waals surface area contributed by atoms with Gasteiger partial charge in [0.2, 0.25) is 11.8 Å². The molecule has 0 aliphatic heterocycles. The van der Waals surface area contributed by atoms with Crippen molar-refractivity contribution in [2.24, 2.45) is 0 Å². The van der Waals surface area contributed by atoms with Crippen LogP contribution < -0.4 is 5.32 Å². The predicted molar refractivity (Wildman–Crippen MR) is 127 cm³/mol. The van der Waals surface area contributed by atoms with Crippen molar-refractivity contribution in [1.29, 1.82) is 0 Å². The van der Waals surface area contributed by atoms with Crippen LogP contribution in [-0.2, 0) is 11.1 Å². The Bertz CT molecular complexity index is 1040. The quantitative estimate of drug-likeness (QED) is 0.257. The Balaban J connectivity index is 1.62. The van der Waals surface area contributed by atoms with E-state index < -0.39 is 7.60 Å². The molecular weight excluding hydrogens is 425 g/mol. The van der Waals surface area contributed by atoms with Crippen molar-refractivity contribution in [3.8, 4) is 11.5 Å². The average Bonchev–Trinajstić information content (AvgIpc) is 3.25. The van der Waals surface area contributed by atoms with E-state index in [1.54, 1.807) is 0 Å². The molecule has 0 bridgehead atoms. The van der Waals surface area contributed by atoms with Crippen LogP contribution in [0.1, 0.15) is 49.6 Å². The van der Waals surface area contributed by atoms with E-state index in [2.05, 4.69) is 34.6 Å². The molecule has 2 aromatic carbocycles. The Kier molecular flexibility index (Phi) is 8.94. The van der Waals surface area contributed by atoms with Crippen molar-refractivity contribution < 1.29 is 18.8 Å². The Morgan fingerprint density at radius 2 is 1.81 bits per heavy atom. The fourth-order valence-corrected chi connectivity index (χ4v) is 3.86. The van der Waals surface area contributed by atoms with Crippen LogP contribution in [0.15, 0.2) is 59.0 Å². The molecule has 0 spiro atoms. The van der Waals surface area contributed by atoms with Gasteiger partial charge in [0.05, 0.1) is 6.16 Å². The topological polar surface area (TPSA) is 108 Å². The SMILES string of the molecule is CCCC/C(=C\c1nnc(-c2ccc(CNCCCP(=O)(O)O)cc2)o1)c1ccccc1. The molecule has 0 aliphatic rings. The van der Waals surface area contributed by atoms with Crippen molar-refractivity contribution in [1.82, 2.24) is 15.5 Å². The molecule has 3 rings (SSSR count). The minimum atomic E-state index is -3.92. The number of allylic oxidation sites excluding steroid dienone is 1. The van der Waals surface area contributed by atoms with Crippen LogP contribution >= 0.6 is 7.60 Å². The largest absolute Gasteiger partial charge is 0.417 e. The molecule has 0 unspecified atom stereocenters. The molecule has 8 heteroatoms. The smallest absolute Gasteiger partial charge is 0.325 e. The number of unbranched alkanes of at least 4 members (excludes halogenated alkanes) is 1. The first-order chi connectivity index (χ1) is 15.4. The minimum Gasteiger partial charge on any atom is -0.417 e. The Morgan fingerprint density at radius 1 is 1.06 bits per heavy atom. The number of aromatic nitrogens is 2. The van der Waals surface area contributed by atoms with Gasteiger partial charge in [-0.2, -0.15) is 0 Å². The van der Waals surface area contributed by atoms with E-state index in [9.17, 15) is 4.57 Å². The molecular formula is C24H30N3O4P. The molecule has 0 atom stereocenters. The highest BCUT2D eigenvalue weighted by Crippen LogP contribution is 2.34. The number of nitrogens with zero attached hydrogens (tertiary/aromatic N) is 2. The maximum Gasteiger partial charge on any atom is 0.325 e. The summed E-state index contributed by atoms with van der Waals surface area (Å²) in [7, 11) is -3.92. The third-order valence-corrected chi connectivity index (χ3v) is 5.91. The van der Waals surface area contributed by atoms with Crippen molar-refractivity contribution in [2.45, 2.75) is 39.2 Å². The average molecular weight is 455 g/mol. The van der Waals surface area contributed by atoms with Gasteiger partial charge in [-0.25, -0.2) is 0 Å². The molecule has 0 saturated carbocycles. The maximum atomic E-state index is 10.9. The molecule has 0 fully saturated rings. The van der Waals surface area contributed by atoms with Crippen LogP contribution in [0.3, 0.4) is 0 Å². The van der Waals surface area contributed by atoms with E-state index in [-0.39, 0.29) is 6.16 Å². The molecule has 1 heterocycles. The predicted octanol–water partition coefficient (Wildman–Crippen LogP) is 5.12. The summed E-state index contributed by atoms with van der Waals surface area (Å²) in [6.07, 6.45) is 5.47. The number of hydrogen-bond acceptors (Lipinski definition) is 5. The number of nitrogens with one attached hydrogen (secondary N) is 1. The van der Waals surface area contributed by atoms with Crippen LogP contribution in [-0.4, -0.2) is 32.7 Å². The lowest BCUT2D eigenvalue weighted by Gasteiger charge is -2.06. The molecule has 1 aromatic heterocycles. The van der Waals surface area contributed by atoms with Crippen LogP contribution in [0.5, 0.6) is 0 Å². The summed E-state index contributed by atoms with van der Waals surface area (Å²) >= 11 is 0. The molecule has 3 N–H and O–H groups in total.